The molecule has 0 aliphatic carbocycles. The third-order valence-electron chi connectivity index (χ3n) is 4.10. The van der Waals surface area contributed by atoms with Crippen LogP contribution in [-0.2, 0) is 13.1 Å². The van der Waals surface area contributed by atoms with Gasteiger partial charge in [0.05, 0.1) is 13.2 Å². The zero-order valence-corrected chi connectivity index (χ0v) is 19.5. The third-order valence-corrected chi connectivity index (χ3v) is 4.10. The van der Waals surface area contributed by atoms with Gasteiger partial charge in [-0.05, 0) is 26.0 Å². The summed E-state index contributed by atoms with van der Waals surface area (Å²) in [7, 11) is 0. The molecule has 8 nitrogen and oxygen atoms in total. The highest BCUT2D eigenvalue weighted by Crippen LogP contribution is 2.39. The number of rotatable bonds is 9. The predicted octanol–water partition coefficient (Wildman–Crippen LogP) is 3.68. The van der Waals surface area contributed by atoms with Gasteiger partial charge in [0.25, 0.3) is 0 Å². The summed E-state index contributed by atoms with van der Waals surface area (Å²) in [6.45, 7) is 2.56. The van der Waals surface area contributed by atoms with Gasteiger partial charge in [0.15, 0.2) is 17.5 Å². The first kappa shape index (κ1) is 24.7. The fraction of sp³-hybridized carbons (Fsp3) is 0.400. The molecule has 1 aliphatic rings. The van der Waals surface area contributed by atoms with Gasteiger partial charge in [-0.25, -0.2) is 9.98 Å². The van der Waals surface area contributed by atoms with Crippen LogP contribution in [0.15, 0.2) is 35.5 Å². The molecule has 2 heterocycles. The van der Waals surface area contributed by atoms with Gasteiger partial charge in [-0.2, -0.15) is 8.78 Å². The Labute approximate surface area is 196 Å². The number of pyridine rings is 1. The largest absolute Gasteiger partial charge is 0.478 e. The first-order valence-electron chi connectivity index (χ1n) is 9.56. The van der Waals surface area contributed by atoms with Gasteiger partial charge in [0.2, 0.25) is 12.7 Å². The van der Waals surface area contributed by atoms with Crippen LogP contribution < -0.4 is 29.6 Å². The van der Waals surface area contributed by atoms with Gasteiger partial charge in [-0.3, -0.25) is 0 Å². The van der Waals surface area contributed by atoms with Gasteiger partial charge < -0.3 is 29.6 Å². The summed E-state index contributed by atoms with van der Waals surface area (Å²) >= 11 is 0. The number of fused-ring (bicyclic) bond motifs is 1. The highest BCUT2D eigenvalue weighted by molar-refractivity contribution is 14.0. The van der Waals surface area contributed by atoms with Gasteiger partial charge in [-0.15, -0.1) is 24.0 Å². The number of aliphatic imine (C=N–C) groups is 1. The molecular weight excluding hydrogens is 525 g/mol. The summed E-state index contributed by atoms with van der Waals surface area (Å²) in [4.78, 5) is 8.70. The lowest BCUT2D eigenvalue weighted by molar-refractivity contribution is -0.0505. The van der Waals surface area contributed by atoms with E-state index >= 15 is 0 Å². The molecule has 0 saturated carbocycles. The zero-order valence-electron chi connectivity index (χ0n) is 17.2. The maximum Gasteiger partial charge on any atom is 0.387 e. The van der Waals surface area contributed by atoms with E-state index in [0.29, 0.717) is 48.6 Å². The van der Waals surface area contributed by atoms with Crippen LogP contribution in [0.5, 0.6) is 23.1 Å². The molecule has 0 unspecified atom stereocenters. The third kappa shape index (κ3) is 6.97. The number of benzene rings is 1. The maximum atomic E-state index is 12.8. The molecule has 0 spiro atoms. The average Bonchev–Trinajstić information content (AvgIpc) is 3.18. The van der Waals surface area contributed by atoms with Crippen molar-refractivity contribution in [1.82, 2.24) is 15.6 Å². The van der Waals surface area contributed by atoms with E-state index in [4.69, 9.17) is 14.2 Å². The van der Waals surface area contributed by atoms with Crippen LogP contribution in [0.25, 0.3) is 0 Å². The van der Waals surface area contributed by atoms with Crippen LogP contribution in [-0.4, -0.2) is 37.5 Å². The number of hydrogen-bond acceptors (Lipinski definition) is 6. The molecule has 11 heteroatoms. The fourth-order valence-corrected chi connectivity index (χ4v) is 2.80. The molecule has 0 fully saturated rings. The Morgan fingerprint density at radius 3 is 2.68 bits per heavy atom. The van der Waals surface area contributed by atoms with Gasteiger partial charge >= 0.3 is 6.61 Å². The molecule has 0 amide bonds. The van der Waals surface area contributed by atoms with Crippen molar-refractivity contribution in [2.45, 2.75) is 33.5 Å². The van der Waals surface area contributed by atoms with Crippen molar-refractivity contribution in [2.24, 2.45) is 4.99 Å². The molecular formula is C20H25F2IN4O4. The van der Waals surface area contributed by atoms with E-state index in [-0.39, 0.29) is 43.1 Å². The lowest BCUT2D eigenvalue weighted by Crippen LogP contribution is -2.36. The monoisotopic (exact) mass is 550 g/mol. The van der Waals surface area contributed by atoms with E-state index in [1.54, 1.807) is 12.3 Å². The summed E-state index contributed by atoms with van der Waals surface area (Å²) < 4.78 is 46.3. The number of aromatic nitrogens is 1. The maximum absolute atomic E-state index is 12.8. The summed E-state index contributed by atoms with van der Waals surface area (Å²) in [6.07, 6.45) is 1.66. The second-order valence-electron chi connectivity index (χ2n) is 6.14. The number of nitrogens with one attached hydrogen (secondary N) is 2. The molecule has 31 heavy (non-hydrogen) atoms. The van der Waals surface area contributed by atoms with E-state index in [1.807, 2.05) is 26.0 Å². The van der Waals surface area contributed by atoms with E-state index < -0.39 is 6.61 Å². The quantitative estimate of drug-likeness (QED) is 0.280. The van der Waals surface area contributed by atoms with Crippen molar-refractivity contribution < 1.29 is 27.7 Å². The number of guanidine groups is 1. The van der Waals surface area contributed by atoms with Gasteiger partial charge in [0.1, 0.15) is 5.75 Å². The molecule has 0 saturated heterocycles. The van der Waals surface area contributed by atoms with Crippen LogP contribution in [0.4, 0.5) is 8.78 Å². The van der Waals surface area contributed by atoms with Crippen LogP contribution in [0, 0.1) is 0 Å². The number of ether oxygens (including phenoxy) is 4. The number of hydrogen-bond donors (Lipinski definition) is 2. The van der Waals surface area contributed by atoms with Crippen molar-refractivity contribution in [3.05, 3.63) is 41.6 Å². The minimum atomic E-state index is -2.96. The fourth-order valence-electron chi connectivity index (χ4n) is 2.80. The summed E-state index contributed by atoms with van der Waals surface area (Å²) in [5, 5.41) is 6.31. The van der Waals surface area contributed by atoms with E-state index in [2.05, 4.69) is 25.3 Å². The molecule has 0 radical (unpaired) electrons. The van der Waals surface area contributed by atoms with Gasteiger partial charge in [0, 0.05) is 36.5 Å². The SMILES string of the molecule is CCNC(=NCc1cc2c(cc1OC(F)F)OCO2)NCc1cccnc1OCC.I. The molecule has 1 aliphatic heterocycles. The summed E-state index contributed by atoms with van der Waals surface area (Å²) in [6, 6.07) is 6.72. The molecule has 2 aromatic rings. The molecule has 2 N–H and O–H groups in total. The highest BCUT2D eigenvalue weighted by Gasteiger charge is 2.20. The second kappa shape index (κ2) is 12.3. The Bertz CT molecular complexity index is 886. The Balaban J connectivity index is 0.00000341. The van der Waals surface area contributed by atoms with E-state index in [0.717, 1.165) is 5.56 Å². The van der Waals surface area contributed by atoms with Crippen molar-refractivity contribution in [1.29, 1.82) is 0 Å². The van der Waals surface area contributed by atoms with Crippen molar-refractivity contribution in [2.75, 3.05) is 19.9 Å². The van der Waals surface area contributed by atoms with Crippen molar-refractivity contribution in [3.8, 4) is 23.1 Å². The first-order chi connectivity index (χ1) is 14.6. The van der Waals surface area contributed by atoms with Crippen LogP contribution in [0.3, 0.4) is 0 Å². The van der Waals surface area contributed by atoms with Gasteiger partial charge in [-0.1, -0.05) is 6.07 Å². The average molecular weight is 550 g/mol. The first-order valence-corrected chi connectivity index (χ1v) is 9.56. The van der Waals surface area contributed by atoms with Crippen LogP contribution >= 0.6 is 24.0 Å². The lowest BCUT2D eigenvalue weighted by atomic mass is 10.1. The normalized spacial score (nSPS) is 12.4. The van der Waals surface area contributed by atoms with Crippen LogP contribution in [0.1, 0.15) is 25.0 Å². The lowest BCUT2D eigenvalue weighted by Gasteiger charge is -2.14. The summed E-state index contributed by atoms with van der Waals surface area (Å²) in [5.41, 5.74) is 1.32. The number of nitrogens with zero attached hydrogens (tertiary/aromatic N) is 2. The standard InChI is InChI=1S/C20H24F2N4O4.HI/c1-3-23-20(25-10-13-6-5-7-24-18(13)27-4-2)26-11-14-8-16-17(29-12-28-16)9-15(14)30-19(21)22;/h5-9,19H,3-4,10-12H2,1-2H3,(H2,23,25,26);1H. The zero-order chi connectivity index (χ0) is 21.3. The van der Waals surface area contributed by atoms with Crippen LogP contribution in [0.2, 0.25) is 0 Å². The molecule has 0 bridgehead atoms. The molecule has 170 valence electrons. The molecule has 3 rings (SSSR count). The Morgan fingerprint density at radius 1 is 1.19 bits per heavy atom. The van der Waals surface area contributed by atoms with E-state index in [9.17, 15) is 8.78 Å². The van der Waals surface area contributed by atoms with Crippen molar-refractivity contribution >= 4 is 29.9 Å². The molecule has 1 aromatic carbocycles. The Hall–Kier alpha value is -2.57. The number of alkyl halides is 2. The molecule has 1 aromatic heterocycles. The summed E-state index contributed by atoms with van der Waals surface area (Å²) in [5.74, 6) is 1.89. The second-order valence-corrected chi connectivity index (χ2v) is 6.14. The Morgan fingerprint density at radius 2 is 1.97 bits per heavy atom. The predicted molar refractivity (Wildman–Crippen MR) is 122 cm³/mol. The topological polar surface area (TPSA) is 86.2 Å². The minimum absolute atomic E-state index is 0. The number of halogens is 3. The van der Waals surface area contributed by atoms with E-state index in [1.165, 1.54) is 6.07 Å². The van der Waals surface area contributed by atoms with Crippen molar-refractivity contribution in [3.63, 3.8) is 0 Å². The Kier molecular flexibility index (Phi) is 9.82. The minimum Gasteiger partial charge on any atom is -0.478 e. The molecule has 0 atom stereocenters. The smallest absolute Gasteiger partial charge is 0.387 e. The highest BCUT2D eigenvalue weighted by atomic mass is 127.